The van der Waals surface area contributed by atoms with E-state index in [-0.39, 0.29) is 5.54 Å². The molecule has 0 aliphatic rings. The molecular weight excluding hydrogens is 164 g/mol. The molecule has 0 aliphatic carbocycles. The molecule has 4 heteroatoms. The number of hydrogen-bond donors (Lipinski definition) is 2. The van der Waals surface area contributed by atoms with E-state index in [1.54, 1.807) is 6.20 Å². The Morgan fingerprint density at radius 2 is 2.23 bits per heavy atom. The molecule has 0 saturated heterocycles. The first-order valence-corrected chi connectivity index (χ1v) is 4.39. The first kappa shape index (κ1) is 9.77. The van der Waals surface area contributed by atoms with Crippen LogP contribution in [0.25, 0.3) is 0 Å². The molecule has 1 rings (SSSR count). The van der Waals surface area contributed by atoms with Crippen LogP contribution in [0.5, 0.6) is 0 Å². The Kier molecular flexibility index (Phi) is 2.70. The molecule has 0 unspecified atom stereocenters. The fourth-order valence-corrected chi connectivity index (χ4v) is 0.854. The highest BCUT2D eigenvalue weighted by atomic mass is 15.1. The summed E-state index contributed by atoms with van der Waals surface area (Å²) in [7, 11) is 0. The van der Waals surface area contributed by atoms with Crippen molar-refractivity contribution in [3.8, 4) is 0 Å². The van der Waals surface area contributed by atoms with Crippen LogP contribution in [-0.4, -0.2) is 15.5 Å². The number of nitrogens with zero attached hydrogens (tertiary/aromatic N) is 2. The maximum atomic E-state index is 5.69. The van der Waals surface area contributed by atoms with Crippen molar-refractivity contribution >= 4 is 11.5 Å². The number of nitrogen functional groups attached to an aromatic ring is 1. The average molecular weight is 180 g/mol. The quantitative estimate of drug-likeness (QED) is 0.742. The van der Waals surface area contributed by atoms with Crippen LogP contribution in [0.15, 0.2) is 12.5 Å². The highest BCUT2D eigenvalue weighted by Gasteiger charge is 2.15. The summed E-state index contributed by atoms with van der Waals surface area (Å²) in [4.78, 5) is 7.89. The molecule has 0 spiro atoms. The van der Waals surface area contributed by atoms with Crippen molar-refractivity contribution < 1.29 is 0 Å². The first-order chi connectivity index (χ1) is 6.05. The lowest BCUT2D eigenvalue weighted by atomic mass is 10.0. The molecule has 4 nitrogen and oxygen atoms in total. The van der Waals surface area contributed by atoms with Crippen LogP contribution >= 0.6 is 0 Å². The lowest BCUT2D eigenvalue weighted by Crippen LogP contribution is -2.30. The SMILES string of the molecule is CCC(C)(C)Nc1ncncc1N. The van der Waals surface area contributed by atoms with Crippen LogP contribution in [0.3, 0.4) is 0 Å². The second kappa shape index (κ2) is 3.60. The molecule has 72 valence electrons. The number of nitrogens with one attached hydrogen (secondary N) is 1. The van der Waals surface area contributed by atoms with Gasteiger partial charge in [0.25, 0.3) is 0 Å². The van der Waals surface area contributed by atoms with Crippen LogP contribution in [0.4, 0.5) is 11.5 Å². The third-order valence-electron chi connectivity index (χ3n) is 2.08. The summed E-state index contributed by atoms with van der Waals surface area (Å²) in [6, 6.07) is 0. The lowest BCUT2D eigenvalue weighted by molar-refractivity contribution is 0.545. The topological polar surface area (TPSA) is 63.8 Å². The van der Waals surface area contributed by atoms with Crippen molar-refractivity contribution in [2.75, 3.05) is 11.1 Å². The lowest BCUT2D eigenvalue weighted by Gasteiger charge is -2.25. The van der Waals surface area contributed by atoms with E-state index in [9.17, 15) is 0 Å². The first-order valence-electron chi connectivity index (χ1n) is 4.39. The number of rotatable bonds is 3. The third kappa shape index (κ3) is 2.57. The summed E-state index contributed by atoms with van der Waals surface area (Å²) in [6.45, 7) is 6.33. The van der Waals surface area contributed by atoms with Gasteiger partial charge in [-0.15, -0.1) is 0 Å². The Hall–Kier alpha value is -1.32. The standard InChI is InChI=1S/C9H16N4/c1-4-9(2,3)13-8-7(10)5-11-6-12-8/h5-6H,4,10H2,1-3H3,(H,11,12,13). The minimum absolute atomic E-state index is 0.0163. The van der Waals surface area contributed by atoms with Crippen LogP contribution in [0, 0.1) is 0 Å². The summed E-state index contributed by atoms with van der Waals surface area (Å²) in [5.41, 5.74) is 6.30. The summed E-state index contributed by atoms with van der Waals surface area (Å²) < 4.78 is 0. The molecule has 0 fully saturated rings. The second-order valence-electron chi connectivity index (χ2n) is 3.69. The molecule has 1 aromatic rings. The maximum Gasteiger partial charge on any atom is 0.153 e. The number of nitrogens with two attached hydrogens (primary N) is 1. The van der Waals surface area contributed by atoms with E-state index in [2.05, 4.69) is 36.1 Å². The van der Waals surface area contributed by atoms with Gasteiger partial charge >= 0.3 is 0 Å². The molecule has 1 aromatic heterocycles. The average Bonchev–Trinajstić information content (AvgIpc) is 2.09. The van der Waals surface area contributed by atoms with Crippen molar-refractivity contribution in [2.45, 2.75) is 32.7 Å². The van der Waals surface area contributed by atoms with E-state index >= 15 is 0 Å². The summed E-state index contributed by atoms with van der Waals surface area (Å²) >= 11 is 0. The Labute approximate surface area is 78.6 Å². The molecular formula is C9H16N4. The minimum atomic E-state index is 0.0163. The van der Waals surface area contributed by atoms with Gasteiger partial charge in [-0.2, -0.15) is 0 Å². The van der Waals surface area contributed by atoms with Gasteiger partial charge in [-0.3, -0.25) is 0 Å². The molecule has 0 aliphatic heterocycles. The van der Waals surface area contributed by atoms with E-state index in [0.717, 1.165) is 6.42 Å². The normalized spacial score (nSPS) is 11.3. The van der Waals surface area contributed by atoms with Crippen LogP contribution in [0.1, 0.15) is 27.2 Å². The Morgan fingerprint density at radius 1 is 1.54 bits per heavy atom. The minimum Gasteiger partial charge on any atom is -0.394 e. The van der Waals surface area contributed by atoms with Gasteiger partial charge in [0.2, 0.25) is 0 Å². The highest BCUT2D eigenvalue weighted by Crippen LogP contribution is 2.19. The van der Waals surface area contributed by atoms with E-state index in [0.29, 0.717) is 11.5 Å². The van der Waals surface area contributed by atoms with Gasteiger partial charge in [0.05, 0.1) is 11.9 Å². The summed E-state index contributed by atoms with van der Waals surface area (Å²) in [5.74, 6) is 0.710. The van der Waals surface area contributed by atoms with E-state index in [1.807, 2.05) is 0 Å². The van der Waals surface area contributed by atoms with E-state index in [1.165, 1.54) is 6.33 Å². The molecule has 0 saturated carbocycles. The van der Waals surface area contributed by atoms with Gasteiger partial charge < -0.3 is 11.1 Å². The van der Waals surface area contributed by atoms with Crippen LogP contribution in [-0.2, 0) is 0 Å². The molecule has 0 radical (unpaired) electrons. The van der Waals surface area contributed by atoms with Gasteiger partial charge in [-0.25, -0.2) is 9.97 Å². The smallest absolute Gasteiger partial charge is 0.153 e. The predicted octanol–water partition coefficient (Wildman–Crippen LogP) is 1.66. The van der Waals surface area contributed by atoms with Crippen molar-refractivity contribution in [2.24, 2.45) is 0 Å². The summed E-state index contributed by atoms with van der Waals surface area (Å²) in [5, 5.41) is 3.26. The van der Waals surface area contributed by atoms with Crippen LogP contribution < -0.4 is 11.1 Å². The zero-order valence-electron chi connectivity index (χ0n) is 8.33. The second-order valence-corrected chi connectivity index (χ2v) is 3.69. The zero-order valence-corrected chi connectivity index (χ0v) is 8.33. The monoisotopic (exact) mass is 180 g/mol. The number of anilines is 2. The van der Waals surface area contributed by atoms with Gasteiger partial charge in [-0.05, 0) is 20.3 Å². The van der Waals surface area contributed by atoms with Crippen molar-refractivity contribution in [1.82, 2.24) is 9.97 Å². The Bertz CT molecular complexity index is 283. The molecule has 1 heterocycles. The van der Waals surface area contributed by atoms with Gasteiger partial charge in [0, 0.05) is 5.54 Å². The van der Waals surface area contributed by atoms with Gasteiger partial charge in [-0.1, -0.05) is 6.92 Å². The zero-order chi connectivity index (χ0) is 9.90. The fraction of sp³-hybridized carbons (Fsp3) is 0.556. The molecule has 0 amide bonds. The Balaban J connectivity index is 2.80. The molecule has 0 aromatic carbocycles. The van der Waals surface area contributed by atoms with Gasteiger partial charge in [0.1, 0.15) is 6.33 Å². The fourth-order valence-electron chi connectivity index (χ4n) is 0.854. The molecule has 0 atom stereocenters. The van der Waals surface area contributed by atoms with Crippen molar-refractivity contribution in [3.05, 3.63) is 12.5 Å². The van der Waals surface area contributed by atoms with Gasteiger partial charge in [0.15, 0.2) is 5.82 Å². The molecule has 0 bridgehead atoms. The molecule has 3 N–H and O–H groups in total. The van der Waals surface area contributed by atoms with E-state index in [4.69, 9.17) is 5.73 Å². The van der Waals surface area contributed by atoms with Crippen molar-refractivity contribution in [1.29, 1.82) is 0 Å². The highest BCUT2D eigenvalue weighted by molar-refractivity contribution is 5.59. The predicted molar refractivity (Wildman–Crippen MR) is 54.4 cm³/mol. The largest absolute Gasteiger partial charge is 0.394 e. The number of hydrogen-bond acceptors (Lipinski definition) is 4. The number of aromatic nitrogens is 2. The van der Waals surface area contributed by atoms with Crippen LogP contribution in [0.2, 0.25) is 0 Å². The molecule has 13 heavy (non-hydrogen) atoms. The van der Waals surface area contributed by atoms with E-state index < -0.39 is 0 Å². The third-order valence-corrected chi connectivity index (χ3v) is 2.08. The summed E-state index contributed by atoms with van der Waals surface area (Å²) in [6.07, 6.45) is 4.10. The Morgan fingerprint density at radius 3 is 2.77 bits per heavy atom. The van der Waals surface area contributed by atoms with Crippen molar-refractivity contribution in [3.63, 3.8) is 0 Å². The maximum absolute atomic E-state index is 5.69.